The molecule has 1 saturated carbocycles. The first-order chi connectivity index (χ1) is 7.79. The SMILES string of the molecule is OCCN[C@H]1CCCC(n2cc(Br)cn2)C1. The highest BCUT2D eigenvalue weighted by Gasteiger charge is 2.23. The topological polar surface area (TPSA) is 50.1 Å². The van der Waals surface area contributed by atoms with Gasteiger partial charge in [0.05, 0.1) is 23.3 Å². The average molecular weight is 288 g/mol. The van der Waals surface area contributed by atoms with Crippen LogP contribution in [0.25, 0.3) is 0 Å². The van der Waals surface area contributed by atoms with Gasteiger partial charge in [0.1, 0.15) is 0 Å². The highest BCUT2D eigenvalue weighted by Crippen LogP contribution is 2.28. The molecule has 90 valence electrons. The number of hydrogen-bond donors (Lipinski definition) is 2. The van der Waals surface area contributed by atoms with Crippen LogP contribution in [-0.4, -0.2) is 34.1 Å². The Balaban J connectivity index is 1.91. The summed E-state index contributed by atoms with van der Waals surface area (Å²) in [7, 11) is 0. The quantitative estimate of drug-likeness (QED) is 0.887. The van der Waals surface area contributed by atoms with Gasteiger partial charge in [0.15, 0.2) is 0 Å². The molecule has 0 saturated heterocycles. The van der Waals surface area contributed by atoms with E-state index in [1.54, 1.807) is 0 Å². The lowest BCUT2D eigenvalue weighted by Gasteiger charge is -2.29. The van der Waals surface area contributed by atoms with Crippen LogP contribution in [-0.2, 0) is 0 Å². The maximum Gasteiger partial charge on any atom is 0.0632 e. The predicted molar refractivity (Wildman–Crippen MR) is 66.3 cm³/mol. The third-order valence-electron chi connectivity index (χ3n) is 3.14. The minimum Gasteiger partial charge on any atom is -0.395 e. The molecule has 16 heavy (non-hydrogen) atoms. The summed E-state index contributed by atoms with van der Waals surface area (Å²) in [6.45, 7) is 0.911. The molecule has 2 N–H and O–H groups in total. The number of halogens is 1. The molecule has 0 spiro atoms. The minimum atomic E-state index is 0.217. The third-order valence-corrected chi connectivity index (χ3v) is 3.54. The van der Waals surface area contributed by atoms with Gasteiger partial charge in [0.2, 0.25) is 0 Å². The van der Waals surface area contributed by atoms with Gasteiger partial charge in [0.25, 0.3) is 0 Å². The van der Waals surface area contributed by atoms with E-state index < -0.39 is 0 Å². The summed E-state index contributed by atoms with van der Waals surface area (Å²) in [6, 6.07) is 1.02. The Labute approximate surface area is 104 Å². The first-order valence-corrected chi connectivity index (χ1v) is 6.63. The van der Waals surface area contributed by atoms with Gasteiger partial charge in [-0.15, -0.1) is 0 Å². The van der Waals surface area contributed by atoms with Crippen molar-refractivity contribution in [1.29, 1.82) is 0 Å². The van der Waals surface area contributed by atoms with E-state index in [1.807, 2.05) is 12.4 Å². The van der Waals surface area contributed by atoms with Gasteiger partial charge in [-0.1, -0.05) is 0 Å². The predicted octanol–water partition coefficient (Wildman–Crippen LogP) is 1.71. The molecular formula is C11H18BrN3O. The van der Waals surface area contributed by atoms with E-state index in [1.165, 1.54) is 19.3 Å². The lowest BCUT2D eigenvalue weighted by molar-refractivity contribution is 0.241. The third kappa shape index (κ3) is 3.06. The number of hydrogen-bond acceptors (Lipinski definition) is 3. The van der Waals surface area contributed by atoms with Crippen LogP contribution in [0.3, 0.4) is 0 Å². The molecule has 0 amide bonds. The molecule has 1 fully saturated rings. The van der Waals surface area contributed by atoms with Crippen molar-refractivity contribution in [2.24, 2.45) is 0 Å². The molecule has 0 aliphatic heterocycles. The molecule has 1 aliphatic rings. The van der Waals surface area contributed by atoms with E-state index >= 15 is 0 Å². The lowest BCUT2D eigenvalue weighted by atomic mass is 9.91. The van der Waals surface area contributed by atoms with Crippen LogP contribution in [0.1, 0.15) is 31.7 Å². The summed E-state index contributed by atoms with van der Waals surface area (Å²) in [4.78, 5) is 0. The van der Waals surface area contributed by atoms with E-state index in [2.05, 4.69) is 31.0 Å². The number of aromatic nitrogens is 2. The average Bonchev–Trinajstić information content (AvgIpc) is 2.74. The fourth-order valence-electron chi connectivity index (χ4n) is 2.37. The Bertz CT molecular complexity index is 329. The molecule has 2 atom stereocenters. The van der Waals surface area contributed by atoms with Crippen molar-refractivity contribution < 1.29 is 5.11 Å². The van der Waals surface area contributed by atoms with Crippen LogP contribution in [0.15, 0.2) is 16.9 Å². The van der Waals surface area contributed by atoms with Crippen molar-refractivity contribution >= 4 is 15.9 Å². The maximum atomic E-state index is 8.80. The maximum absolute atomic E-state index is 8.80. The zero-order valence-corrected chi connectivity index (χ0v) is 10.9. The second-order valence-electron chi connectivity index (χ2n) is 4.33. The van der Waals surface area contributed by atoms with Crippen LogP contribution in [0, 0.1) is 0 Å². The highest BCUT2D eigenvalue weighted by atomic mass is 79.9. The molecule has 2 rings (SSSR count). The molecule has 5 heteroatoms. The molecule has 1 aromatic rings. The molecule has 1 heterocycles. The lowest BCUT2D eigenvalue weighted by Crippen LogP contribution is -2.36. The van der Waals surface area contributed by atoms with E-state index in [-0.39, 0.29) is 6.61 Å². The normalized spacial score (nSPS) is 25.9. The minimum absolute atomic E-state index is 0.217. The summed E-state index contributed by atoms with van der Waals surface area (Å²) >= 11 is 3.42. The monoisotopic (exact) mass is 287 g/mol. The van der Waals surface area contributed by atoms with Gasteiger partial charge in [-0.2, -0.15) is 5.10 Å². The number of rotatable bonds is 4. The van der Waals surface area contributed by atoms with Crippen molar-refractivity contribution in [1.82, 2.24) is 15.1 Å². The highest BCUT2D eigenvalue weighted by molar-refractivity contribution is 9.10. The smallest absolute Gasteiger partial charge is 0.0632 e. The van der Waals surface area contributed by atoms with Crippen LogP contribution >= 0.6 is 15.9 Å². The van der Waals surface area contributed by atoms with Crippen LogP contribution in [0.2, 0.25) is 0 Å². The van der Waals surface area contributed by atoms with Crippen molar-refractivity contribution in [3.05, 3.63) is 16.9 Å². The molecule has 1 aromatic heterocycles. The van der Waals surface area contributed by atoms with Gasteiger partial charge in [-0.25, -0.2) is 0 Å². The van der Waals surface area contributed by atoms with Gasteiger partial charge < -0.3 is 10.4 Å². The zero-order valence-electron chi connectivity index (χ0n) is 9.27. The Morgan fingerprint density at radius 1 is 1.56 bits per heavy atom. The second-order valence-corrected chi connectivity index (χ2v) is 5.25. The van der Waals surface area contributed by atoms with E-state index in [9.17, 15) is 0 Å². The largest absolute Gasteiger partial charge is 0.395 e. The Hall–Kier alpha value is -0.390. The molecule has 1 unspecified atom stereocenters. The molecule has 4 nitrogen and oxygen atoms in total. The number of aliphatic hydroxyl groups excluding tert-OH is 1. The second kappa shape index (κ2) is 5.80. The summed E-state index contributed by atoms with van der Waals surface area (Å²) < 4.78 is 3.09. The van der Waals surface area contributed by atoms with E-state index in [4.69, 9.17) is 5.11 Å². The fraction of sp³-hybridized carbons (Fsp3) is 0.727. The molecule has 0 radical (unpaired) electrons. The molecular weight excluding hydrogens is 270 g/mol. The summed E-state index contributed by atoms with van der Waals surface area (Å²) in [5.41, 5.74) is 0. The van der Waals surface area contributed by atoms with Crippen molar-refractivity contribution in [2.75, 3.05) is 13.2 Å². The molecule has 0 bridgehead atoms. The van der Waals surface area contributed by atoms with E-state index in [0.29, 0.717) is 18.6 Å². The molecule has 1 aliphatic carbocycles. The summed E-state index contributed by atoms with van der Waals surface area (Å²) in [5.74, 6) is 0. The Morgan fingerprint density at radius 2 is 2.44 bits per heavy atom. The number of nitrogens with one attached hydrogen (secondary N) is 1. The zero-order chi connectivity index (χ0) is 11.4. The summed E-state index contributed by atoms with van der Waals surface area (Å²) in [6.07, 6.45) is 8.62. The van der Waals surface area contributed by atoms with Crippen molar-refractivity contribution in [3.8, 4) is 0 Å². The van der Waals surface area contributed by atoms with Crippen molar-refractivity contribution in [2.45, 2.75) is 37.8 Å². The first-order valence-electron chi connectivity index (χ1n) is 5.83. The Morgan fingerprint density at radius 3 is 3.12 bits per heavy atom. The van der Waals surface area contributed by atoms with Crippen LogP contribution < -0.4 is 5.32 Å². The van der Waals surface area contributed by atoms with Gasteiger partial charge in [-0.05, 0) is 41.6 Å². The Kier molecular flexibility index (Phi) is 4.37. The van der Waals surface area contributed by atoms with Gasteiger partial charge >= 0.3 is 0 Å². The number of aliphatic hydroxyl groups is 1. The van der Waals surface area contributed by atoms with Crippen LogP contribution in [0.4, 0.5) is 0 Å². The van der Waals surface area contributed by atoms with Gasteiger partial charge in [-0.3, -0.25) is 4.68 Å². The molecule has 0 aromatic carbocycles. The van der Waals surface area contributed by atoms with E-state index in [0.717, 1.165) is 10.9 Å². The summed E-state index contributed by atoms with van der Waals surface area (Å²) in [5, 5.41) is 16.5. The fourth-order valence-corrected chi connectivity index (χ4v) is 2.67. The van der Waals surface area contributed by atoms with Crippen LogP contribution in [0.5, 0.6) is 0 Å². The first kappa shape index (κ1) is 12.1. The number of nitrogens with zero attached hydrogens (tertiary/aromatic N) is 2. The van der Waals surface area contributed by atoms with Crippen molar-refractivity contribution in [3.63, 3.8) is 0 Å². The standard InChI is InChI=1S/C11H18BrN3O/c12-9-7-14-15(8-9)11-3-1-2-10(6-11)13-4-5-16/h7-8,10-11,13,16H,1-6H2/t10-,11?/m0/s1. The van der Waals surface area contributed by atoms with Gasteiger partial charge in [0, 0.05) is 18.8 Å².